The molecule has 1 N–H and O–H groups in total. The molecule has 0 fully saturated rings. The molecule has 3 nitrogen and oxygen atoms in total. The fourth-order valence-corrected chi connectivity index (χ4v) is 1.99. The molecule has 84 valence electrons. The van der Waals surface area contributed by atoms with E-state index in [-0.39, 0.29) is 0 Å². The number of rotatable bonds is 1. The van der Waals surface area contributed by atoms with Crippen molar-refractivity contribution in [2.45, 2.75) is 13.8 Å². The third-order valence-corrected chi connectivity index (χ3v) is 3.14. The van der Waals surface area contributed by atoms with Crippen LogP contribution in [0.5, 0.6) is 0 Å². The molecular weight excluding hydrogens is 210 g/mol. The lowest BCUT2D eigenvalue weighted by Crippen LogP contribution is -1.88. The molecule has 0 aliphatic heterocycles. The first kappa shape index (κ1) is 10.0. The van der Waals surface area contributed by atoms with Gasteiger partial charge >= 0.3 is 0 Å². The van der Waals surface area contributed by atoms with E-state index in [0.717, 1.165) is 22.4 Å². The first-order valence-corrected chi connectivity index (χ1v) is 5.62. The molecule has 0 bridgehead atoms. The van der Waals surface area contributed by atoms with Crippen molar-refractivity contribution in [3.63, 3.8) is 0 Å². The Balaban J connectivity index is 2.24. The SMILES string of the molecule is Cc1cccc(-c2nc3ccncc3[nH]2)c1C. The molecule has 0 radical (unpaired) electrons. The van der Waals surface area contributed by atoms with Crippen molar-refractivity contribution >= 4 is 11.0 Å². The van der Waals surface area contributed by atoms with Gasteiger partial charge in [-0.3, -0.25) is 4.98 Å². The highest BCUT2D eigenvalue weighted by Crippen LogP contribution is 2.24. The molecule has 17 heavy (non-hydrogen) atoms. The topological polar surface area (TPSA) is 41.6 Å². The number of aryl methyl sites for hydroxylation is 1. The molecular formula is C14H13N3. The number of nitrogens with one attached hydrogen (secondary N) is 1. The molecule has 2 aromatic heterocycles. The quantitative estimate of drug-likeness (QED) is 0.688. The van der Waals surface area contributed by atoms with E-state index >= 15 is 0 Å². The van der Waals surface area contributed by atoms with E-state index in [1.807, 2.05) is 6.07 Å². The molecule has 3 rings (SSSR count). The van der Waals surface area contributed by atoms with Crippen molar-refractivity contribution in [1.29, 1.82) is 0 Å². The Hall–Kier alpha value is -2.16. The summed E-state index contributed by atoms with van der Waals surface area (Å²) in [5.74, 6) is 0.911. The lowest BCUT2D eigenvalue weighted by molar-refractivity contribution is 1.27. The molecule has 0 atom stereocenters. The van der Waals surface area contributed by atoms with Crippen molar-refractivity contribution in [2.24, 2.45) is 0 Å². The van der Waals surface area contributed by atoms with Gasteiger partial charge in [-0.15, -0.1) is 0 Å². The maximum atomic E-state index is 4.59. The van der Waals surface area contributed by atoms with E-state index in [0.29, 0.717) is 0 Å². The van der Waals surface area contributed by atoms with Gasteiger partial charge in [0, 0.05) is 11.8 Å². The van der Waals surface area contributed by atoms with Crippen LogP contribution in [-0.4, -0.2) is 15.0 Å². The fourth-order valence-electron chi connectivity index (χ4n) is 1.99. The second kappa shape index (κ2) is 3.70. The zero-order valence-corrected chi connectivity index (χ0v) is 9.86. The number of pyridine rings is 1. The normalized spacial score (nSPS) is 10.9. The van der Waals surface area contributed by atoms with Crippen molar-refractivity contribution in [1.82, 2.24) is 15.0 Å². The number of benzene rings is 1. The summed E-state index contributed by atoms with van der Waals surface area (Å²) in [6, 6.07) is 8.18. The van der Waals surface area contributed by atoms with Crippen molar-refractivity contribution in [3.8, 4) is 11.4 Å². The van der Waals surface area contributed by atoms with Crippen LogP contribution in [0.3, 0.4) is 0 Å². The van der Waals surface area contributed by atoms with Crippen LogP contribution in [0.2, 0.25) is 0 Å². The standard InChI is InChI=1S/C14H13N3/c1-9-4-3-5-11(10(9)2)14-16-12-6-7-15-8-13(12)17-14/h3-8H,1-2H3,(H,16,17). The number of aromatic nitrogens is 3. The minimum absolute atomic E-state index is 0.911. The summed E-state index contributed by atoms with van der Waals surface area (Å²) in [6.07, 6.45) is 3.56. The number of imidazole rings is 1. The first-order valence-electron chi connectivity index (χ1n) is 5.62. The minimum atomic E-state index is 0.911. The van der Waals surface area contributed by atoms with E-state index in [9.17, 15) is 0 Å². The van der Waals surface area contributed by atoms with Gasteiger partial charge in [-0.25, -0.2) is 4.98 Å². The van der Waals surface area contributed by atoms with E-state index in [4.69, 9.17) is 0 Å². The molecule has 1 aromatic carbocycles. The van der Waals surface area contributed by atoms with E-state index in [1.165, 1.54) is 11.1 Å². The lowest BCUT2D eigenvalue weighted by Gasteiger charge is -2.04. The summed E-state index contributed by atoms with van der Waals surface area (Å²) in [4.78, 5) is 12.0. The number of aromatic amines is 1. The molecule has 0 saturated heterocycles. The van der Waals surface area contributed by atoms with Crippen LogP contribution in [-0.2, 0) is 0 Å². The van der Waals surface area contributed by atoms with Crippen LogP contribution in [0.15, 0.2) is 36.7 Å². The van der Waals surface area contributed by atoms with Crippen LogP contribution in [0, 0.1) is 13.8 Å². The Morgan fingerprint density at radius 2 is 2.00 bits per heavy atom. The maximum absolute atomic E-state index is 4.59. The summed E-state index contributed by atoms with van der Waals surface area (Å²) < 4.78 is 0. The van der Waals surface area contributed by atoms with E-state index in [1.54, 1.807) is 12.4 Å². The van der Waals surface area contributed by atoms with Gasteiger partial charge in [0.25, 0.3) is 0 Å². The summed E-state index contributed by atoms with van der Waals surface area (Å²) in [5.41, 5.74) is 5.63. The molecule has 2 heterocycles. The lowest BCUT2D eigenvalue weighted by atomic mass is 10.0. The van der Waals surface area contributed by atoms with Gasteiger partial charge in [-0.05, 0) is 31.0 Å². The Kier molecular flexibility index (Phi) is 2.18. The van der Waals surface area contributed by atoms with E-state index in [2.05, 4.69) is 47.0 Å². The highest BCUT2D eigenvalue weighted by Gasteiger charge is 2.08. The van der Waals surface area contributed by atoms with Crippen molar-refractivity contribution < 1.29 is 0 Å². The van der Waals surface area contributed by atoms with Gasteiger partial charge in [-0.1, -0.05) is 18.2 Å². The van der Waals surface area contributed by atoms with Crippen LogP contribution in [0.4, 0.5) is 0 Å². The summed E-state index contributed by atoms with van der Waals surface area (Å²) in [6.45, 7) is 4.24. The Morgan fingerprint density at radius 1 is 1.12 bits per heavy atom. The largest absolute Gasteiger partial charge is 0.337 e. The van der Waals surface area contributed by atoms with Gasteiger partial charge in [0.1, 0.15) is 5.82 Å². The highest BCUT2D eigenvalue weighted by molar-refractivity contribution is 5.79. The second-order valence-electron chi connectivity index (χ2n) is 4.23. The molecule has 0 saturated carbocycles. The molecule has 0 spiro atoms. The third kappa shape index (κ3) is 1.60. The summed E-state index contributed by atoms with van der Waals surface area (Å²) >= 11 is 0. The first-order chi connectivity index (χ1) is 8.25. The van der Waals surface area contributed by atoms with Crippen molar-refractivity contribution in [3.05, 3.63) is 47.8 Å². The number of H-pyrrole nitrogens is 1. The Labute approximate surface area is 99.5 Å². The highest BCUT2D eigenvalue weighted by atomic mass is 14.9. The van der Waals surface area contributed by atoms with Gasteiger partial charge in [0.05, 0.1) is 17.2 Å². The number of nitrogens with zero attached hydrogens (tertiary/aromatic N) is 2. The predicted molar refractivity (Wildman–Crippen MR) is 68.8 cm³/mol. The average Bonchev–Trinajstić information content (AvgIpc) is 2.76. The van der Waals surface area contributed by atoms with Crippen molar-refractivity contribution in [2.75, 3.05) is 0 Å². The Bertz CT molecular complexity index is 650. The monoisotopic (exact) mass is 223 g/mol. The average molecular weight is 223 g/mol. The summed E-state index contributed by atoms with van der Waals surface area (Å²) in [7, 11) is 0. The van der Waals surface area contributed by atoms with Crippen LogP contribution in [0.25, 0.3) is 22.4 Å². The van der Waals surface area contributed by atoms with Crippen LogP contribution in [0.1, 0.15) is 11.1 Å². The molecule has 3 aromatic rings. The minimum Gasteiger partial charge on any atom is -0.337 e. The summed E-state index contributed by atoms with van der Waals surface area (Å²) in [5, 5.41) is 0. The predicted octanol–water partition coefficient (Wildman–Crippen LogP) is 3.24. The van der Waals surface area contributed by atoms with Gasteiger partial charge < -0.3 is 4.98 Å². The zero-order valence-electron chi connectivity index (χ0n) is 9.86. The Morgan fingerprint density at radius 3 is 2.82 bits per heavy atom. The number of fused-ring (bicyclic) bond motifs is 1. The van der Waals surface area contributed by atoms with Gasteiger partial charge in [0.2, 0.25) is 0 Å². The number of hydrogen-bond acceptors (Lipinski definition) is 2. The zero-order chi connectivity index (χ0) is 11.8. The molecule has 0 amide bonds. The molecule has 0 unspecified atom stereocenters. The molecule has 0 aliphatic carbocycles. The fraction of sp³-hybridized carbons (Fsp3) is 0.143. The van der Waals surface area contributed by atoms with Crippen LogP contribution >= 0.6 is 0 Å². The van der Waals surface area contributed by atoms with E-state index < -0.39 is 0 Å². The third-order valence-electron chi connectivity index (χ3n) is 3.14. The second-order valence-corrected chi connectivity index (χ2v) is 4.23. The van der Waals surface area contributed by atoms with Gasteiger partial charge in [-0.2, -0.15) is 0 Å². The maximum Gasteiger partial charge on any atom is 0.138 e. The van der Waals surface area contributed by atoms with Gasteiger partial charge in [0.15, 0.2) is 0 Å². The molecule has 3 heteroatoms. The number of hydrogen-bond donors (Lipinski definition) is 1. The smallest absolute Gasteiger partial charge is 0.138 e. The van der Waals surface area contributed by atoms with Crippen LogP contribution < -0.4 is 0 Å². The molecule has 0 aliphatic rings.